The Hall–Kier alpha value is -4.52. The van der Waals surface area contributed by atoms with Gasteiger partial charge in [-0.3, -0.25) is 14.3 Å². The molecule has 4 rings (SSSR count). The van der Waals surface area contributed by atoms with Crippen molar-refractivity contribution in [2.75, 3.05) is 25.0 Å². The van der Waals surface area contributed by atoms with Crippen molar-refractivity contribution < 1.29 is 28.0 Å². The van der Waals surface area contributed by atoms with Crippen LogP contribution in [0.4, 0.5) is 10.2 Å². The SMILES string of the molecule is C=C(F)C(=O)NCc1cnn(Cc2cc(OC)c3c(NSc4cc(CC)ccc4OCCNC=O)noc3c2)c1. The summed E-state index contributed by atoms with van der Waals surface area (Å²) in [7, 11) is 1.57. The van der Waals surface area contributed by atoms with Crippen LogP contribution in [0.3, 0.4) is 0 Å². The first-order chi connectivity index (χ1) is 19.4. The van der Waals surface area contributed by atoms with Crippen LogP contribution in [0.2, 0.25) is 0 Å². The van der Waals surface area contributed by atoms with Gasteiger partial charge in [0.15, 0.2) is 17.2 Å². The van der Waals surface area contributed by atoms with E-state index < -0.39 is 11.7 Å². The molecule has 13 heteroatoms. The van der Waals surface area contributed by atoms with Crippen LogP contribution in [-0.4, -0.2) is 47.5 Å². The van der Waals surface area contributed by atoms with Gasteiger partial charge in [-0.1, -0.05) is 24.7 Å². The summed E-state index contributed by atoms with van der Waals surface area (Å²) in [5.74, 6) is -0.164. The summed E-state index contributed by atoms with van der Waals surface area (Å²) in [5.41, 5.74) is 3.23. The summed E-state index contributed by atoms with van der Waals surface area (Å²) in [4.78, 5) is 22.7. The van der Waals surface area contributed by atoms with Crippen molar-refractivity contribution >= 4 is 41.1 Å². The lowest BCUT2D eigenvalue weighted by molar-refractivity contribution is -0.119. The van der Waals surface area contributed by atoms with E-state index in [9.17, 15) is 14.0 Å². The molecule has 0 bridgehead atoms. The molecule has 0 aliphatic heterocycles. The first kappa shape index (κ1) is 28.5. The van der Waals surface area contributed by atoms with Gasteiger partial charge in [0.05, 0.1) is 31.3 Å². The van der Waals surface area contributed by atoms with Gasteiger partial charge in [-0.2, -0.15) is 5.10 Å². The average molecular weight is 569 g/mol. The maximum absolute atomic E-state index is 12.9. The number of hydrogen-bond acceptors (Lipinski definition) is 9. The lowest BCUT2D eigenvalue weighted by Gasteiger charge is -2.13. The van der Waals surface area contributed by atoms with Crippen LogP contribution in [0.1, 0.15) is 23.6 Å². The second kappa shape index (κ2) is 13.5. The summed E-state index contributed by atoms with van der Waals surface area (Å²) >= 11 is 1.33. The molecular weight excluding hydrogens is 539 g/mol. The fraction of sp³-hybridized carbons (Fsp3) is 0.259. The number of amides is 2. The molecule has 0 aliphatic carbocycles. The Morgan fingerprint density at radius 1 is 1.23 bits per heavy atom. The van der Waals surface area contributed by atoms with E-state index >= 15 is 0 Å². The molecule has 4 aromatic rings. The monoisotopic (exact) mass is 568 g/mol. The quantitative estimate of drug-likeness (QED) is 0.0843. The van der Waals surface area contributed by atoms with Crippen molar-refractivity contribution in [2.24, 2.45) is 0 Å². The average Bonchev–Trinajstić information content (AvgIpc) is 3.59. The van der Waals surface area contributed by atoms with Crippen molar-refractivity contribution in [3.8, 4) is 11.5 Å². The molecule has 2 heterocycles. The largest absolute Gasteiger partial charge is 0.496 e. The van der Waals surface area contributed by atoms with Crippen molar-refractivity contribution in [1.29, 1.82) is 0 Å². The minimum atomic E-state index is -1.04. The zero-order valence-electron chi connectivity index (χ0n) is 22.0. The van der Waals surface area contributed by atoms with Gasteiger partial charge in [0.25, 0.3) is 5.91 Å². The number of anilines is 1. The van der Waals surface area contributed by atoms with Gasteiger partial charge in [-0.25, -0.2) is 4.39 Å². The van der Waals surface area contributed by atoms with E-state index in [4.69, 9.17) is 14.0 Å². The van der Waals surface area contributed by atoms with Gasteiger partial charge in [0, 0.05) is 18.3 Å². The standard InChI is InChI=1S/C27H29FN6O5S/c1-4-18-5-6-21(38-8-7-29-16-35)24(11-18)40-33-26-25-22(37-3)9-19(10-23(25)39-32-26)14-34-15-20(13-31-34)12-30-27(36)17(2)28/h5-6,9-11,13,15-16H,2,4,7-8,12,14H2,1,3H3,(H,29,35)(H,30,36)(H,32,33). The predicted octanol–water partition coefficient (Wildman–Crippen LogP) is 3.99. The maximum atomic E-state index is 12.9. The molecule has 11 nitrogen and oxygen atoms in total. The molecule has 0 atom stereocenters. The molecule has 2 amide bonds. The Morgan fingerprint density at radius 3 is 2.83 bits per heavy atom. The Morgan fingerprint density at radius 2 is 2.08 bits per heavy atom. The molecule has 0 saturated carbocycles. The van der Waals surface area contributed by atoms with Gasteiger partial charge >= 0.3 is 0 Å². The van der Waals surface area contributed by atoms with Crippen molar-refractivity contribution in [3.63, 3.8) is 0 Å². The van der Waals surface area contributed by atoms with Crippen molar-refractivity contribution in [1.82, 2.24) is 25.6 Å². The molecule has 0 unspecified atom stereocenters. The van der Waals surface area contributed by atoms with E-state index in [0.717, 1.165) is 22.4 Å². The molecule has 0 spiro atoms. The van der Waals surface area contributed by atoms with Crippen LogP contribution in [0.5, 0.6) is 11.5 Å². The predicted molar refractivity (Wildman–Crippen MR) is 149 cm³/mol. The number of rotatable bonds is 15. The van der Waals surface area contributed by atoms with Crippen LogP contribution in [0.25, 0.3) is 11.0 Å². The van der Waals surface area contributed by atoms with Crippen LogP contribution in [-0.2, 0) is 29.1 Å². The number of aryl methyl sites for hydroxylation is 1. The fourth-order valence-corrected chi connectivity index (χ4v) is 4.60. The number of benzene rings is 2. The number of carbonyl (C=O) groups excluding carboxylic acids is 2. The van der Waals surface area contributed by atoms with Crippen LogP contribution >= 0.6 is 11.9 Å². The molecule has 0 fully saturated rings. The third-order valence-corrected chi connectivity index (χ3v) is 6.64. The molecule has 210 valence electrons. The number of aromatic nitrogens is 3. The van der Waals surface area contributed by atoms with E-state index in [2.05, 4.69) is 39.1 Å². The minimum Gasteiger partial charge on any atom is -0.496 e. The first-order valence-electron chi connectivity index (χ1n) is 12.4. The van der Waals surface area contributed by atoms with E-state index in [1.807, 2.05) is 30.3 Å². The van der Waals surface area contributed by atoms with Crippen LogP contribution < -0.4 is 24.8 Å². The molecule has 0 aliphatic rings. The zero-order valence-corrected chi connectivity index (χ0v) is 22.8. The second-order valence-corrected chi connectivity index (χ2v) is 9.44. The van der Waals surface area contributed by atoms with Crippen LogP contribution in [0, 0.1) is 0 Å². The molecule has 0 saturated heterocycles. The van der Waals surface area contributed by atoms with E-state index in [1.54, 1.807) is 24.2 Å². The van der Waals surface area contributed by atoms with Crippen molar-refractivity contribution in [3.05, 3.63) is 71.8 Å². The minimum absolute atomic E-state index is 0.127. The highest BCUT2D eigenvalue weighted by molar-refractivity contribution is 8.00. The third-order valence-electron chi connectivity index (χ3n) is 5.81. The maximum Gasteiger partial charge on any atom is 0.279 e. The number of carbonyl (C=O) groups is 2. The first-order valence-corrected chi connectivity index (χ1v) is 13.2. The second-order valence-electron chi connectivity index (χ2n) is 8.60. The Labute approximate surface area is 234 Å². The highest BCUT2D eigenvalue weighted by Crippen LogP contribution is 2.37. The number of ether oxygens (including phenoxy) is 2. The van der Waals surface area contributed by atoms with Gasteiger partial charge in [-0.15, -0.1) is 0 Å². The molecule has 40 heavy (non-hydrogen) atoms. The third kappa shape index (κ3) is 7.11. The fourth-order valence-electron chi connectivity index (χ4n) is 3.82. The van der Waals surface area contributed by atoms with E-state index in [-0.39, 0.29) is 6.54 Å². The zero-order chi connectivity index (χ0) is 28.5. The number of nitrogens with zero attached hydrogens (tertiary/aromatic N) is 3. The van der Waals surface area contributed by atoms with E-state index in [0.29, 0.717) is 60.0 Å². The van der Waals surface area contributed by atoms with Gasteiger partial charge in [-0.05, 0) is 53.8 Å². The number of halogens is 1. The van der Waals surface area contributed by atoms with Gasteiger partial charge in [0.1, 0.15) is 23.5 Å². The summed E-state index contributed by atoms with van der Waals surface area (Å²) in [6.45, 7) is 6.31. The number of hydrogen-bond donors (Lipinski definition) is 3. The lowest BCUT2D eigenvalue weighted by atomic mass is 10.1. The molecule has 2 aromatic heterocycles. The summed E-state index contributed by atoms with van der Waals surface area (Å²) in [6.07, 6.45) is 4.84. The molecule has 2 aromatic carbocycles. The van der Waals surface area contributed by atoms with Crippen molar-refractivity contribution in [2.45, 2.75) is 31.3 Å². The Bertz CT molecular complexity index is 1500. The Kier molecular flexibility index (Phi) is 9.62. The molecule has 3 N–H and O–H groups in total. The normalized spacial score (nSPS) is 10.8. The molecule has 0 radical (unpaired) electrons. The summed E-state index contributed by atoms with van der Waals surface area (Å²) in [5, 5.41) is 14.2. The molecular formula is C27H29FN6O5S. The van der Waals surface area contributed by atoms with Crippen LogP contribution in [0.15, 0.2) is 64.5 Å². The highest BCUT2D eigenvalue weighted by Gasteiger charge is 2.17. The lowest BCUT2D eigenvalue weighted by Crippen LogP contribution is -2.22. The summed E-state index contributed by atoms with van der Waals surface area (Å²) in [6, 6.07) is 9.67. The number of methoxy groups -OCH3 is 1. The summed E-state index contributed by atoms with van der Waals surface area (Å²) < 4.78 is 34.9. The van der Waals surface area contributed by atoms with Gasteiger partial charge in [0.2, 0.25) is 6.41 Å². The van der Waals surface area contributed by atoms with Gasteiger partial charge < -0.3 is 29.4 Å². The number of fused-ring (bicyclic) bond motifs is 1. The Balaban J connectivity index is 1.48. The topological polar surface area (TPSA) is 133 Å². The highest BCUT2D eigenvalue weighted by atomic mass is 32.2. The smallest absolute Gasteiger partial charge is 0.279 e. The number of nitrogens with one attached hydrogen (secondary N) is 3. The van der Waals surface area contributed by atoms with E-state index in [1.165, 1.54) is 11.9 Å².